The molecule has 0 aromatic carbocycles. The maximum absolute atomic E-state index is 5.43. The van der Waals surface area contributed by atoms with Gasteiger partial charge in [-0.25, -0.2) is 0 Å². The molecule has 3 rings (SSSR count). The lowest BCUT2D eigenvalue weighted by Gasteiger charge is -2.21. The van der Waals surface area contributed by atoms with E-state index in [9.17, 15) is 0 Å². The van der Waals surface area contributed by atoms with Crippen LogP contribution in [0.1, 0.15) is 44.4 Å². The van der Waals surface area contributed by atoms with Crippen molar-refractivity contribution in [1.82, 2.24) is 5.32 Å². The summed E-state index contributed by atoms with van der Waals surface area (Å²) in [5.74, 6) is 2.98. The predicted octanol–water partition coefficient (Wildman–Crippen LogP) is 3.12. The highest BCUT2D eigenvalue weighted by atomic mass is 16.3. The van der Waals surface area contributed by atoms with Crippen LogP contribution in [0.15, 0.2) is 22.8 Å². The van der Waals surface area contributed by atoms with Gasteiger partial charge in [0.2, 0.25) is 0 Å². The largest absolute Gasteiger partial charge is 0.468 e. The molecule has 1 unspecified atom stereocenters. The van der Waals surface area contributed by atoms with E-state index in [1.807, 2.05) is 6.07 Å². The van der Waals surface area contributed by atoms with E-state index in [1.165, 1.54) is 25.7 Å². The molecule has 82 valence electrons. The van der Waals surface area contributed by atoms with Crippen LogP contribution < -0.4 is 5.32 Å². The van der Waals surface area contributed by atoms with Crippen LogP contribution in [0.25, 0.3) is 0 Å². The van der Waals surface area contributed by atoms with E-state index in [4.69, 9.17) is 4.42 Å². The number of rotatable bonds is 5. The maximum Gasteiger partial charge on any atom is 0.120 e. The van der Waals surface area contributed by atoms with Gasteiger partial charge in [-0.05, 0) is 56.6 Å². The molecule has 1 aromatic heterocycles. The summed E-state index contributed by atoms with van der Waals surface area (Å²) in [5, 5.41) is 3.75. The molecule has 2 saturated carbocycles. The zero-order valence-electron chi connectivity index (χ0n) is 9.28. The van der Waals surface area contributed by atoms with Crippen LogP contribution in [0.5, 0.6) is 0 Å². The molecule has 1 N–H and O–H groups in total. The van der Waals surface area contributed by atoms with Crippen molar-refractivity contribution in [2.45, 2.75) is 44.7 Å². The van der Waals surface area contributed by atoms with Crippen LogP contribution in [0, 0.1) is 11.8 Å². The SMILES string of the molecule is CC(NC(C1CC1)C1CC1)c1ccco1. The monoisotopic (exact) mass is 205 g/mol. The molecule has 1 aromatic rings. The first-order chi connectivity index (χ1) is 7.34. The molecular formula is C13H19NO. The van der Waals surface area contributed by atoms with Gasteiger partial charge in [0.15, 0.2) is 0 Å². The first-order valence-electron chi connectivity index (χ1n) is 6.14. The van der Waals surface area contributed by atoms with E-state index < -0.39 is 0 Å². The van der Waals surface area contributed by atoms with Crippen molar-refractivity contribution in [3.05, 3.63) is 24.2 Å². The third kappa shape index (κ3) is 2.10. The van der Waals surface area contributed by atoms with Gasteiger partial charge in [0, 0.05) is 6.04 Å². The third-order valence-electron chi connectivity index (χ3n) is 3.67. The number of nitrogens with one attached hydrogen (secondary N) is 1. The smallest absolute Gasteiger partial charge is 0.120 e. The van der Waals surface area contributed by atoms with Gasteiger partial charge in [0.1, 0.15) is 5.76 Å². The summed E-state index contributed by atoms with van der Waals surface area (Å²) in [5.41, 5.74) is 0. The Labute approximate surface area is 91.0 Å². The molecule has 2 nitrogen and oxygen atoms in total. The highest BCUT2D eigenvalue weighted by Crippen LogP contribution is 2.45. The van der Waals surface area contributed by atoms with Gasteiger partial charge >= 0.3 is 0 Å². The van der Waals surface area contributed by atoms with Gasteiger partial charge in [-0.1, -0.05) is 0 Å². The molecule has 2 fully saturated rings. The van der Waals surface area contributed by atoms with Gasteiger partial charge in [-0.2, -0.15) is 0 Å². The lowest BCUT2D eigenvalue weighted by Crippen LogP contribution is -2.35. The Bertz CT molecular complexity index is 299. The number of furan rings is 1. The fourth-order valence-corrected chi connectivity index (χ4v) is 2.48. The Morgan fingerprint density at radius 3 is 2.40 bits per heavy atom. The molecular weight excluding hydrogens is 186 g/mol. The Hall–Kier alpha value is -0.760. The highest BCUT2D eigenvalue weighted by Gasteiger charge is 2.41. The molecule has 2 aliphatic carbocycles. The average molecular weight is 205 g/mol. The Morgan fingerprint density at radius 2 is 1.93 bits per heavy atom. The fraction of sp³-hybridized carbons (Fsp3) is 0.692. The van der Waals surface area contributed by atoms with Crippen molar-refractivity contribution in [1.29, 1.82) is 0 Å². The van der Waals surface area contributed by atoms with Gasteiger partial charge in [0.05, 0.1) is 12.3 Å². The zero-order chi connectivity index (χ0) is 10.3. The van der Waals surface area contributed by atoms with Gasteiger partial charge in [-0.3, -0.25) is 0 Å². The van der Waals surface area contributed by atoms with Crippen LogP contribution in [-0.4, -0.2) is 6.04 Å². The van der Waals surface area contributed by atoms with Crippen LogP contribution in [0.3, 0.4) is 0 Å². The molecule has 0 radical (unpaired) electrons. The van der Waals surface area contributed by atoms with Crippen LogP contribution in [0.4, 0.5) is 0 Å². The van der Waals surface area contributed by atoms with Crippen molar-refractivity contribution in [2.75, 3.05) is 0 Å². The van der Waals surface area contributed by atoms with Gasteiger partial charge in [-0.15, -0.1) is 0 Å². The average Bonchev–Trinajstić information content (AvgIpc) is 3.15. The molecule has 1 heterocycles. The van der Waals surface area contributed by atoms with Crippen molar-refractivity contribution in [3.63, 3.8) is 0 Å². The molecule has 0 spiro atoms. The summed E-state index contributed by atoms with van der Waals surface area (Å²) in [4.78, 5) is 0. The first kappa shape index (κ1) is 9.46. The van der Waals surface area contributed by atoms with Crippen LogP contribution >= 0.6 is 0 Å². The van der Waals surface area contributed by atoms with Crippen molar-refractivity contribution >= 4 is 0 Å². The minimum Gasteiger partial charge on any atom is -0.468 e. The Balaban J connectivity index is 1.62. The zero-order valence-corrected chi connectivity index (χ0v) is 9.28. The first-order valence-corrected chi connectivity index (χ1v) is 6.14. The minimum absolute atomic E-state index is 0.367. The van der Waals surface area contributed by atoms with Gasteiger partial charge in [0.25, 0.3) is 0 Å². The minimum atomic E-state index is 0.367. The third-order valence-corrected chi connectivity index (χ3v) is 3.67. The molecule has 0 saturated heterocycles. The van der Waals surface area contributed by atoms with E-state index >= 15 is 0 Å². The number of hydrogen-bond acceptors (Lipinski definition) is 2. The summed E-state index contributed by atoms with van der Waals surface area (Å²) in [6.07, 6.45) is 7.48. The van der Waals surface area contributed by atoms with E-state index in [0.717, 1.165) is 23.6 Å². The Morgan fingerprint density at radius 1 is 1.27 bits per heavy atom. The summed E-state index contributed by atoms with van der Waals surface area (Å²) >= 11 is 0. The van der Waals surface area contributed by atoms with Crippen LogP contribution in [0.2, 0.25) is 0 Å². The standard InChI is InChI=1S/C13H19NO/c1-9(12-3-2-8-15-12)14-13(10-4-5-10)11-6-7-11/h2-3,8-11,13-14H,4-7H2,1H3. The van der Waals surface area contributed by atoms with Crippen molar-refractivity contribution in [3.8, 4) is 0 Å². The van der Waals surface area contributed by atoms with E-state index in [2.05, 4.69) is 18.3 Å². The summed E-state index contributed by atoms with van der Waals surface area (Å²) in [7, 11) is 0. The quantitative estimate of drug-likeness (QED) is 0.799. The van der Waals surface area contributed by atoms with Crippen molar-refractivity contribution < 1.29 is 4.42 Å². The van der Waals surface area contributed by atoms with E-state index in [1.54, 1.807) is 6.26 Å². The summed E-state index contributed by atoms with van der Waals surface area (Å²) < 4.78 is 5.43. The second kappa shape index (κ2) is 3.67. The lowest BCUT2D eigenvalue weighted by molar-refractivity contribution is 0.342. The molecule has 0 bridgehead atoms. The normalized spacial score (nSPS) is 23.3. The summed E-state index contributed by atoms with van der Waals surface area (Å²) in [6, 6.07) is 5.15. The molecule has 2 heteroatoms. The molecule has 0 amide bonds. The van der Waals surface area contributed by atoms with E-state index in [-0.39, 0.29) is 0 Å². The molecule has 1 atom stereocenters. The lowest BCUT2D eigenvalue weighted by atomic mass is 10.1. The highest BCUT2D eigenvalue weighted by molar-refractivity contribution is 5.06. The Kier molecular flexibility index (Phi) is 2.32. The molecule has 15 heavy (non-hydrogen) atoms. The fourth-order valence-electron chi connectivity index (χ4n) is 2.48. The van der Waals surface area contributed by atoms with Crippen molar-refractivity contribution in [2.24, 2.45) is 11.8 Å². The van der Waals surface area contributed by atoms with Gasteiger partial charge < -0.3 is 9.73 Å². The summed E-state index contributed by atoms with van der Waals surface area (Å²) in [6.45, 7) is 2.20. The molecule has 2 aliphatic rings. The second-order valence-corrected chi connectivity index (χ2v) is 5.10. The maximum atomic E-state index is 5.43. The van der Waals surface area contributed by atoms with E-state index in [0.29, 0.717) is 6.04 Å². The molecule has 0 aliphatic heterocycles. The predicted molar refractivity (Wildman–Crippen MR) is 59.5 cm³/mol. The topological polar surface area (TPSA) is 25.2 Å². The second-order valence-electron chi connectivity index (χ2n) is 5.10. The van der Waals surface area contributed by atoms with Crippen LogP contribution in [-0.2, 0) is 0 Å². The number of hydrogen-bond donors (Lipinski definition) is 1.